The third-order valence-corrected chi connectivity index (χ3v) is 3.36. The maximum absolute atomic E-state index is 5.43. The highest BCUT2D eigenvalue weighted by molar-refractivity contribution is 5.85. The van der Waals surface area contributed by atoms with Crippen molar-refractivity contribution in [3.8, 4) is 0 Å². The first-order chi connectivity index (χ1) is 8.78. The molecule has 0 radical (unpaired) electrons. The number of rotatable bonds is 6. The normalized spacial score (nSPS) is 16.6. The molecule has 0 amide bonds. The Bertz CT molecular complexity index is 355. The molecule has 1 aliphatic rings. The summed E-state index contributed by atoms with van der Waals surface area (Å²) in [6.07, 6.45) is 3.59. The number of nitrogens with zero attached hydrogens (tertiary/aromatic N) is 3. The molecular formula is C12H23ClN4O2. The maximum atomic E-state index is 5.43. The van der Waals surface area contributed by atoms with Gasteiger partial charge in [-0.1, -0.05) is 5.16 Å². The van der Waals surface area contributed by atoms with Crippen LogP contribution in [0.1, 0.15) is 31.0 Å². The Morgan fingerprint density at radius 2 is 2.11 bits per heavy atom. The van der Waals surface area contributed by atoms with Crippen LogP contribution in [0.15, 0.2) is 4.52 Å². The van der Waals surface area contributed by atoms with Crippen molar-refractivity contribution in [2.24, 2.45) is 11.7 Å². The third kappa shape index (κ3) is 5.44. The highest BCUT2D eigenvalue weighted by Gasteiger charge is 2.15. The Hall–Kier alpha value is -0.690. The van der Waals surface area contributed by atoms with Gasteiger partial charge in [0.1, 0.15) is 0 Å². The molecule has 7 heteroatoms. The predicted molar refractivity (Wildman–Crippen MR) is 73.9 cm³/mol. The van der Waals surface area contributed by atoms with Crippen LogP contribution in [0, 0.1) is 5.92 Å². The molecular weight excluding hydrogens is 268 g/mol. The van der Waals surface area contributed by atoms with Crippen LogP contribution in [0.4, 0.5) is 0 Å². The van der Waals surface area contributed by atoms with E-state index < -0.39 is 0 Å². The van der Waals surface area contributed by atoms with Gasteiger partial charge in [-0.25, -0.2) is 0 Å². The maximum Gasteiger partial charge on any atom is 0.240 e. The summed E-state index contributed by atoms with van der Waals surface area (Å²) in [6.45, 7) is 3.90. The molecule has 1 aromatic rings. The molecule has 0 atom stereocenters. The zero-order valence-electron chi connectivity index (χ0n) is 11.4. The van der Waals surface area contributed by atoms with Crippen LogP contribution in [0.3, 0.4) is 0 Å². The number of aromatic nitrogens is 2. The average Bonchev–Trinajstić information content (AvgIpc) is 2.85. The molecule has 110 valence electrons. The molecule has 0 bridgehead atoms. The number of hydrogen-bond donors (Lipinski definition) is 1. The molecule has 1 fully saturated rings. The van der Waals surface area contributed by atoms with E-state index >= 15 is 0 Å². The predicted octanol–water partition coefficient (Wildman–Crippen LogP) is 1.20. The Kier molecular flexibility index (Phi) is 7.30. The Morgan fingerprint density at radius 1 is 1.37 bits per heavy atom. The van der Waals surface area contributed by atoms with Crippen molar-refractivity contribution < 1.29 is 9.26 Å². The van der Waals surface area contributed by atoms with Crippen molar-refractivity contribution in [3.05, 3.63) is 11.7 Å². The van der Waals surface area contributed by atoms with E-state index in [1.165, 1.54) is 19.3 Å². The lowest BCUT2D eigenvalue weighted by atomic mass is 9.96. The van der Waals surface area contributed by atoms with E-state index in [1.807, 2.05) is 0 Å². The zero-order chi connectivity index (χ0) is 12.8. The molecule has 1 aliphatic heterocycles. The van der Waals surface area contributed by atoms with Crippen LogP contribution in [-0.4, -0.2) is 41.8 Å². The minimum absolute atomic E-state index is 0. The lowest BCUT2D eigenvalue weighted by molar-refractivity contribution is 0.0607. The van der Waals surface area contributed by atoms with E-state index in [1.54, 1.807) is 0 Å². The lowest BCUT2D eigenvalue weighted by Gasteiger charge is -2.24. The molecule has 0 spiro atoms. The quantitative estimate of drug-likeness (QED) is 0.848. The van der Waals surface area contributed by atoms with Gasteiger partial charge in [-0.3, -0.25) is 4.90 Å². The van der Waals surface area contributed by atoms with E-state index in [0.717, 1.165) is 25.7 Å². The number of nitrogens with two attached hydrogens (primary N) is 1. The van der Waals surface area contributed by atoms with Crippen LogP contribution >= 0.6 is 12.4 Å². The van der Waals surface area contributed by atoms with Crippen LogP contribution in [0.5, 0.6) is 0 Å². The van der Waals surface area contributed by atoms with Crippen LogP contribution in [0.2, 0.25) is 0 Å². The fourth-order valence-corrected chi connectivity index (χ4v) is 2.20. The lowest BCUT2D eigenvalue weighted by Crippen LogP contribution is -2.24. The molecule has 2 heterocycles. The van der Waals surface area contributed by atoms with Gasteiger partial charge in [0.25, 0.3) is 0 Å². The molecule has 0 aliphatic carbocycles. The van der Waals surface area contributed by atoms with Crippen LogP contribution in [0.25, 0.3) is 0 Å². The number of hydrogen-bond acceptors (Lipinski definition) is 6. The molecule has 19 heavy (non-hydrogen) atoms. The second-order valence-corrected chi connectivity index (χ2v) is 4.89. The summed E-state index contributed by atoms with van der Waals surface area (Å²) in [5.74, 6) is 2.01. The average molecular weight is 291 g/mol. The van der Waals surface area contributed by atoms with Gasteiger partial charge in [0.15, 0.2) is 5.82 Å². The van der Waals surface area contributed by atoms with Crippen molar-refractivity contribution in [1.82, 2.24) is 15.0 Å². The van der Waals surface area contributed by atoms with Gasteiger partial charge in [0.2, 0.25) is 5.89 Å². The molecule has 0 unspecified atom stereocenters. The van der Waals surface area contributed by atoms with Crippen molar-refractivity contribution in [2.75, 3.05) is 26.8 Å². The minimum Gasteiger partial charge on any atom is -0.381 e. The molecule has 1 saturated heterocycles. The Morgan fingerprint density at radius 3 is 2.74 bits per heavy atom. The summed E-state index contributed by atoms with van der Waals surface area (Å²) >= 11 is 0. The smallest absolute Gasteiger partial charge is 0.240 e. The molecule has 1 aromatic heterocycles. The second kappa shape index (κ2) is 8.47. The Balaban J connectivity index is 0.00000180. The summed E-state index contributed by atoms with van der Waals surface area (Å²) in [4.78, 5) is 6.42. The van der Waals surface area contributed by atoms with Gasteiger partial charge in [-0.05, 0) is 38.8 Å². The van der Waals surface area contributed by atoms with E-state index in [0.29, 0.717) is 24.8 Å². The highest BCUT2D eigenvalue weighted by atomic mass is 35.5. The fraction of sp³-hybridized carbons (Fsp3) is 0.833. The van der Waals surface area contributed by atoms with E-state index in [-0.39, 0.29) is 12.4 Å². The van der Waals surface area contributed by atoms with Gasteiger partial charge >= 0.3 is 0 Å². The van der Waals surface area contributed by atoms with Gasteiger partial charge in [0, 0.05) is 13.2 Å². The first-order valence-corrected chi connectivity index (χ1v) is 6.55. The van der Waals surface area contributed by atoms with Crippen molar-refractivity contribution >= 4 is 12.4 Å². The first-order valence-electron chi connectivity index (χ1n) is 6.55. The van der Waals surface area contributed by atoms with E-state index in [4.69, 9.17) is 15.0 Å². The molecule has 0 saturated carbocycles. The summed E-state index contributed by atoms with van der Waals surface area (Å²) < 4.78 is 10.3. The fourth-order valence-electron chi connectivity index (χ4n) is 2.20. The topological polar surface area (TPSA) is 77.4 Å². The monoisotopic (exact) mass is 290 g/mol. The van der Waals surface area contributed by atoms with Gasteiger partial charge in [-0.2, -0.15) is 4.98 Å². The van der Waals surface area contributed by atoms with Gasteiger partial charge in [0.05, 0.1) is 13.1 Å². The first kappa shape index (κ1) is 16.4. The minimum atomic E-state index is 0. The van der Waals surface area contributed by atoms with Gasteiger partial charge in [-0.15, -0.1) is 12.4 Å². The zero-order valence-corrected chi connectivity index (χ0v) is 12.2. The summed E-state index contributed by atoms with van der Waals surface area (Å²) in [7, 11) is 2.08. The van der Waals surface area contributed by atoms with Gasteiger partial charge < -0.3 is 15.0 Å². The summed E-state index contributed by atoms with van der Waals surface area (Å²) in [5.41, 5.74) is 5.43. The molecule has 6 nitrogen and oxygen atoms in total. The number of ether oxygens (including phenoxy) is 1. The highest BCUT2D eigenvalue weighted by Crippen LogP contribution is 2.18. The third-order valence-electron chi connectivity index (χ3n) is 3.36. The molecule has 2 rings (SSSR count). The standard InChI is InChI=1S/C12H22N4O2.ClH/c1-16(5-2-10-3-6-17-7-4-10)9-11-14-12(8-13)18-15-11;/h10H,2-9,13H2,1H3;1H. The largest absolute Gasteiger partial charge is 0.381 e. The summed E-state index contributed by atoms with van der Waals surface area (Å²) in [5, 5.41) is 3.89. The molecule has 2 N–H and O–H groups in total. The van der Waals surface area contributed by atoms with Crippen molar-refractivity contribution in [2.45, 2.75) is 32.4 Å². The second-order valence-electron chi connectivity index (χ2n) is 4.89. The number of halogens is 1. The molecule has 0 aromatic carbocycles. The SMILES string of the molecule is CN(CCC1CCOCC1)Cc1noc(CN)n1.Cl. The van der Waals surface area contributed by atoms with Crippen LogP contribution < -0.4 is 5.73 Å². The van der Waals surface area contributed by atoms with E-state index in [2.05, 4.69) is 22.1 Å². The summed E-state index contributed by atoms with van der Waals surface area (Å²) in [6, 6.07) is 0. The van der Waals surface area contributed by atoms with Crippen molar-refractivity contribution in [3.63, 3.8) is 0 Å². The van der Waals surface area contributed by atoms with Crippen molar-refractivity contribution in [1.29, 1.82) is 0 Å². The van der Waals surface area contributed by atoms with Crippen LogP contribution in [-0.2, 0) is 17.8 Å². The Labute approximate surface area is 120 Å². The van der Waals surface area contributed by atoms with E-state index in [9.17, 15) is 0 Å².